The standard InChI is InChI=1S/C24H28N4O3/c1-17-7-6-14-28-15-20(26-22(17)28)16-31-21-10-8-19(9-11-21)23(29)25-18(2)24(30)27-12-4-3-5-13-27/h6-11,14-15,18H,3-5,12-13,16H2,1-2H3,(H,25,29)/t18-/m0/s1. The molecule has 162 valence electrons. The van der Waals surface area contributed by atoms with Gasteiger partial charge in [0.2, 0.25) is 5.91 Å². The van der Waals surface area contributed by atoms with Gasteiger partial charge in [-0.05, 0) is 69.0 Å². The minimum absolute atomic E-state index is 0.0179. The first-order chi connectivity index (χ1) is 15.0. The maximum absolute atomic E-state index is 12.5. The largest absolute Gasteiger partial charge is 0.487 e. The summed E-state index contributed by atoms with van der Waals surface area (Å²) in [4.78, 5) is 31.5. The molecule has 1 atom stereocenters. The van der Waals surface area contributed by atoms with E-state index in [1.807, 2.05) is 40.8 Å². The molecule has 3 heterocycles. The molecule has 0 spiro atoms. The highest BCUT2D eigenvalue weighted by Crippen LogP contribution is 2.16. The Bertz CT molecular complexity index is 1070. The number of pyridine rings is 1. The van der Waals surface area contributed by atoms with Gasteiger partial charge in [-0.15, -0.1) is 0 Å². The Morgan fingerprint density at radius 3 is 2.58 bits per heavy atom. The van der Waals surface area contributed by atoms with Gasteiger partial charge in [0, 0.05) is 31.0 Å². The highest BCUT2D eigenvalue weighted by Gasteiger charge is 2.23. The first-order valence-electron chi connectivity index (χ1n) is 10.8. The molecule has 0 saturated carbocycles. The number of fused-ring (bicyclic) bond motifs is 1. The lowest BCUT2D eigenvalue weighted by Gasteiger charge is -2.29. The van der Waals surface area contributed by atoms with Crippen LogP contribution in [0.3, 0.4) is 0 Å². The van der Waals surface area contributed by atoms with Crippen LogP contribution in [0.25, 0.3) is 5.65 Å². The summed E-state index contributed by atoms with van der Waals surface area (Å²) < 4.78 is 7.81. The third-order valence-corrected chi connectivity index (χ3v) is 5.62. The first kappa shape index (κ1) is 20.9. The Labute approximate surface area is 182 Å². The van der Waals surface area contributed by atoms with Crippen molar-refractivity contribution in [2.45, 2.75) is 45.8 Å². The molecule has 0 radical (unpaired) electrons. The zero-order valence-corrected chi connectivity index (χ0v) is 18.0. The maximum atomic E-state index is 12.5. The van der Waals surface area contributed by atoms with Crippen LogP contribution in [0.4, 0.5) is 0 Å². The van der Waals surface area contributed by atoms with Crippen molar-refractivity contribution in [1.82, 2.24) is 19.6 Å². The summed E-state index contributed by atoms with van der Waals surface area (Å²) in [6.45, 7) is 5.66. The lowest BCUT2D eigenvalue weighted by molar-refractivity contribution is -0.133. The molecule has 2 amide bonds. The van der Waals surface area contributed by atoms with Crippen LogP contribution in [0.5, 0.6) is 5.75 Å². The Morgan fingerprint density at radius 1 is 1.13 bits per heavy atom. The Balaban J connectivity index is 1.32. The summed E-state index contributed by atoms with van der Waals surface area (Å²) >= 11 is 0. The minimum Gasteiger partial charge on any atom is -0.487 e. The van der Waals surface area contributed by atoms with Crippen LogP contribution in [0.1, 0.15) is 47.8 Å². The molecule has 1 aromatic carbocycles. The van der Waals surface area contributed by atoms with E-state index in [1.54, 1.807) is 31.2 Å². The molecule has 0 aliphatic carbocycles. The van der Waals surface area contributed by atoms with Crippen LogP contribution in [-0.4, -0.2) is 45.2 Å². The monoisotopic (exact) mass is 420 g/mol. The van der Waals surface area contributed by atoms with Gasteiger partial charge in [-0.3, -0.25) is 9.59 Å². The molecule has 31 heavy (non-hydrogen) atoms. The minimum atomic E-state index is -0.542. The molecule has 1 aliphatic heterocycles. The number of carbonyl (C=O) groups is 2. The number of amides is 2. The van der Waals surface area contributed by atoms with Gasteiger partial charge in [0.25, 0.3) is 5.91 Å². The van der Waals surface area contributed by atoms with Gasteiger partial charge in [-0.2, -0.15) is 0 Å². The first-order valence-corrected chi connectivity index (χ1v) is 10.8. The topological polar surface area (TPSA) is 75.9 Å². The van der Waals surface area contributed by atoms with E-state index in [0.717, 1.165) is 49.3 Å². The zero-order valence-electron chi connectivity index (χ0n) is 18.0. The summed E-state index contributed by atoms with van der Waals surface area (Å²) in [6.07, 6.45) is 7.13. The predicted molar refractivity (Wildman–Crippen MR) is 118 cm³/mol. The number of benzene rings is 1. The molecule has 1 aliphatic rings. The molecule has 4 rings (SSSR count). The van der Waals surface area contributed by atoms with E-state index < -0.39 is 6.04 Å². The fourth-order valence-corrected chi connectivity index (χ4v) is 3.86. The van der Waals surface area contributed by atoms with Crippen LogP contribution in [-0.2, 0) is 11.4 Å². The van der Waals surface area contributed by atoms with E-state index in [1.165, 1.54) is 0 Å². The van der Waals surface area contributed by atoms with Crippen molar-refractivity contribution in [2.24, 2.45) is 0 Å². The van der Waals surface area contributed by atoms with E-state index in [2.05, 4.69) is 10.3 Å². The molecule has 1 N–H and O–H groups in total. The van der Waals surface area contributed by atoms with Gasteiger partial charge >= 0.3 is 0 Å². The number of aryl methyl sites for hydroxylation is 1. The van der Waals surface area contributed by atoms with Gasteiger partial charge in [-0.25, -0.2) is 4.98 Å². The zero-order chi connectivity index (χ0) is 21.8. The smallest absolute Gasteiger partial charge is 0.251 e. The number of rotatable bonds is 6. The number of piperidine rings is 1. The number of hydrogen-bond donors (Lipinski definition) is 1. The Kier molecular flexibility index (Phi) is 6.21. The molecule has 1 saturated heterocycles. The number of imidazole rings is 1. The highest BCUT2D eigenvalue weighted by atomic mass is 16.5. The summed E-state index contributed by atoms with van der Waals surface area (Å²) in [5.74, 6) is 0.374. The molecule has 3 aromatic rings. The molecular weight excluding hydrogens is 392 g/mol. The highest BCUT2D eigenvalue weighted by molar-refractivity contribution is 5.97. The summed E-state index contributed by atoms with van der Waals surface area (Å²) in [5, 5.41) is 2.81. The summed E-state index contributed by atoms with van der Waals surface area (Å²) in [7, 11) is 0. The van der Waals surface area contributed by atoms with Gasteiger partial charge in [0.15, 0.2) is 0 Å². The van der Waals surface area contributed by atoms with Crippen LogP contribution in [0, 0.1) is 6.92 Å². The van der Waals surface area contributed by atoms with Crippen molar-refractivity contribution in [1.29, 1.82) is 0 Å². The summed E-state index contributed by atoms with van der Waals surface area (Å²) in [5.41, 5.74) is 3.36. The van der Waals surface area contributed by atoms with Gasteiger partial charge in [0.05, 0.1) is 5.69 Å². The fourth-order valence-electron chi connectivity index (χ4n) is 3.86. The van der Waals surface area contributed by atoms with E-state index >= 15 is 0 Å². The lowest BCUT2D eigenvalue weighted by Crippen LogP contribution is -2.48. The van der Waals surface area contributed by atoms with Crippen molar-refractivity contribution in [3.8, 4) is 5.75 Å². The number of carbonyl (C=O) groups excluding carboxylic acids is 2. The van der Waals surface area contributed by atoms with Crippen LogP contribution in [0.2, 0.25) is 0 Å². The Hall–Kier alpha value is -3.35. The van der Waals surface area contributed by atoms with Gasteiger partial charge in [-0.1, -0.05) is 6.07 Å². The third-order valence-electron chi connectivity index (χ3n) is 5.62. The van der Waals surface area contributed by atoms with Crippen molar-refractivity contribution in [3.63, 3.8) is 0 Å². The number of aromatic nitrogens is 2. The average molecular weight is 421 g/mol. The normalized spacial score (nSPS) is 15.0. The van der Waals surface area contributed by atoms with Crippen molar-refractivity contribution in [2.75, 3.05) is 13.1 Å². The van der Waals surface area contributed by atoms with E-state index in [-0.39, 0.29) is 11.8 Å². The number of nitrogens with one attached hydrogen (secondary N) is 1. The van der Waals surface area contributed by atoms with Crippen LogP contribution in [0.15, 0.2) is 48.8 Å². The second-order valence-corrected chi connectivity index (χ2v) is 8.05. The predicted octanol–water partition coefficient (Wildman–Crippen LogP) is 3.35. The van der Waals surface area contributed by atoms with E-state index in [9.17, 15) is 9.59 Å². The number of hydrogen-bond acceptors (Lipinski definition) is 4. The number of likely N-dealkylation sites (tertiary alicyclic amines) is 1. The molecule has 7 nitrogen and oxygen atoms in total. The molecule has 0 unspecified atom stereocenters. The van der Waals surface area contributed by atoms with E-state index in [0.29, 0.717) is 17.9 Å². The van der Waals surface area contributed by atoms with E-state index in [4.69, 9.17) is 4.74 Å². The molecule has 0 bridgehead atoms. The second-order valence-electron chi connectivity index (χ2n) is 8.05. The lowest BCUT2D eigenvalue weighted by atomic mass is 10.1. The Morgan fingerprint density at radius 2 is 1.87 bits per heavy atom. The van der Waals surface area contributed by atoms with Crippen LogP contribution >= 0.6 is 0 Å². The van der Waals surface area contributed by atoms with Crippen molar-refractivity contribution >= 4 is 17.5 Å². The number of nitrogens with zero attached hydrogens (tertiary/aromatic N) is 3. The number of ether oxygens (including phenoxy) is 1. The molecule has 7 heteroatoms. The fraction of sp³-hybridized carbons (Fsp3) is 0.375. The van der Waals surface area contributed by atoms with Crippen molar-refractivity contribution < 1.29 is 14.3 Å². The van der Waals surface area contributed by atoms with Crippen molar-refractivity contribution in [3.05, 3.63) is 65.6 Å². The van der Waals surface area contributed by atoms with Gasteiger partial charge in [0.1, 0.15) is 24.0 Å². The van der Waals surface area contributed by atoms with Crippen LogP contribution < -0.4 is 10.1 Å². The quantitative estimate of drug-likeness (QED) is 0.664. The maximum Gasteiger partial charge on any atom is 0.251 e. The second kappa shape index (κ2) is 9.20. The SMILES string of the molecule is Cc1cccn2cc(COc3ccc(C(=O)N[C@@H](C)C(=O)N4CCCCC4)cc3)nc12. The molecule has 2 aromatic heterocycles. The third kappa shape index (κ3) is 4.87. The summed E-state index contributed by atoms with van der Waals surface area (Å²) in [6, 6.07) is 10.4. The molecular formula is C24H28N4O3. The molecule has 1 fully saturated rings. The van der Waals surface area contributed by atoms with Gasteiger partial charge < -0.3 is 19.4 Å². The average Bonchev–Trinajstić information content (AvgIpc) is 3.22.